The molecule has 1 saturated heterocycles. The number of hydrogen-bond donors (Lipinski definition) is 2. The average Bonchev–Trinajstić information content (AvgIpc) is 2.74. The van der Waals surface area contributed by atoms with Gasteiger partial charge in [0.1, 0.15) is 6.04 Å². The molecule has 2 aliphatic rings. The van der Waals surface area contributed by atoms with E-state index in [2.05, 4.69) is 14.8 Å². The molecule has 3 amide bonds. The van der Waals surface area contributed by atoms with Gasteiger partial charge < -0.3 is 14.8 Å². The first-order chi connectivity index (χ1) is 8.44. The van der Waals surface area contributed by atoms with Gasteiger partial charge in [-0.1, -0.05) is 6.07 Å². The van der Waals surface area contributed by atoms with Crippen LogP contribution in [0, 0.1) is 0 Å². The number of carbonyl (C=O) groups is 2. The van der Waals surface area contributed by atoms with Gasteiger partial charge in [0.25, 0.3) is 5.91 Å². The molecule has 2 N–H and O–H groups in total. The zero-order valence-electron chi connectivity index (χ0n) is 8.70. The summed E-state index contributed by atoms with van der Waals surface area (Å²) in [5.41, 5.74) is 0.332. The number of nitrogens with one attached hydrogen (secondary N) is 2. The fraction of sp³-hybridized carbons (Fsp3) is 0.200. The van der Waals surface area contributed by atoms with Crippen LogP contribution in [0.1, 0.15) is 11.6 Å². The van der Waals surface area contributed by atoms with Gasteiger partial charge in [0.05, 0.1) is 0 Å². The molecule has 8 heteroatoms. The highest BCUT2D eigenvalue weighted by Crippen LogP contribution is 2.42. The molecular weight excluding hydrogens is 250 g/mol. The fourth-order valence-electron chi connectivity index (χ4n) is 1.80. The van der Waals surface area contributed by atoms with E-state index in [4.69, 9.17) is 0 Å². The van der Waals surface area contributed by atoms with E-state index in [1.165, 1.54) is 18.2 Å². The van der Waals surface area contributed by atoms with E-state index in [0.717, 1.165) is 0 Å². The summed E-state index contributed by atoms with van der Waals surface area (Å²) < 4.78 is 34.1. The molecule has 6 nitrogen and oxygen atoms in total. The molecule has 18 heavy (non-hydrogen) atoms. The van der Waals surface area contributed by atoms with Crippen molar-refractivity contribution in [3.05, 3.63) is 23.8 Å². The molecule has 2 heterocycles. The second-order valence-electron chi connectivity index (χ2n) is 3.77. The molecule has 0 spiro atoms. The predicted molar refractivity (Wildman–Crippen MR) is 52.1 cm³/mol. The highest BCUT2D eigenvalue weighted by Gasteiger charge is 2.44. The number of alkyl halides is 2. The molecule has 1 fully saturated rings. The smallest absolute Gasteiger partial charge is 0.395 e. The van der Waals surface area contributed by atoms with Gasteiger partial charge in [0.2, 0.25) is 0 Å². The number of rotatable bonds is 1. The summed E-state index contributed by atoms with van der Waals surface area (Å²) in [4.78, 5) is 22.4. The van der Waals surface area contributed by atoms with Gasteiger partial charge in [-0.25, -0.2) is 4.79 Å². The Kier molecular flexibility index (Phi) is 1.98. The molecule has 1 atom stereocenters. The van der Waals surface area contributed by atoms with E-state index < -0.39 is 24.3 Å². The first-order valence-electron chi connectivity index (χ1n) is 4.96. The van der Waals surface area contributed by atoms with Gasteiger partial charge in [-0.15, -0.1) is 8.78 Å². The number of fused-ring (bicyclic) bond motifs is 1. The Balaban J connectivity index is 1.93. The molecule has 3 rings (SSSR count). The maximum absolute atomic E-state index is 12.8. The largest absolute Gasteiger partial charge is 0.586 e. The van der Waals surface area contributed by atoms with Crippen LogP contribution in [-0.2, 0) is 4.79 Å². The number of hydrogen-bond acceptors (Lipinski definition) is 4. The topological polar surface area (TPSA) is 76.7 Å². The van der Waals surface area contributed by atoms with Crippen molar-refractivity contribution >= 4 is 11.9 Å². The van der Waals surface area contributed by atoms with Crippen LogP contribution in [0.2, 0.25) is 0 Å². The van der Waals surface area contributed by atoms with E-state index in [1.54, 1.807) is 0 Å². The molecular formula is C10H6F2N2O4. The zero-order chi connectivity index (χ0) is 12.9. The first kappa shape index (κ1) is 10.8. The van der Waals surface area contributed by atoms with Crippen LogP contribution in [0.15, 0.2) is 18.2 Å². The van der Waals surface area contributed by atoms with Crippen molar-refractivity contribution in [3.8, 4) is 11.5 Å². The van der Waals surface area contributed by atoms with Crippen LogP contribution in [-0.4, -0.2) is 18.2 Å². The summed E-state index contributed by atoms with van der Waals surface area (Å²) in [6, 6.07) is 2.34. The van der Waals surface area contributed by atoms with Gasteiger partial charge in [0, 0.05) is 0 Å². The fourth-order valence-corrected chi connectivity index (χ4v) is 1.80. The minimum atomic E-state index is -3.71. The second-order valence-corrected chi connectivity index (χ2v) is 3.77. The lowest BCUT2D eigenvalue weighted by Crippen LogP contribution is -2.26. The van der Waals surface area contributed by atoms with Crippen molar-refractivity contribution in [2.45, 2.75) is 12.3 Å². The summed E-state index contributed by atoms with van der Waals surface area (Å²) in [6.45, 7) is 0. The first-order valence-corrected chi connectivity index (χ1v) is 4.96. The van der Waals surface area contributed by atoms with E-state index in [9.17, 15) is 18.4 Å². The van der Waals surface area contributed by atoms with E-state index in [0.29, 0.717) is 5.56 Å². The van der Waals surface area contributed by atoms with Crippen LogP contribution in [0.4, 0.5) is 13.6 Å². The minimum Gasteiger partial charge on any atom is -0.395 e. The Morgan fingerprint density at radius 1 is 1.17 bits per heavy atom. The maximum atomic E-state index is 12.8. The van der Waals surface area contributed by atoms with Crippen molar-refractivity contribution < 1.29 is 27.8 Å². The Labute approximate surface area is 98.9 Å². The van der Waals surface area contributed by atoms with Crippen molar-refractivity contribution in [2.75, 3.05) is 0 Å². The lowest BCUT2D eigenvalue weighted by atomic mass is 10.1. The molecule has 1 aromatic carbocycles. The monoisotopic (exact) mass is 256 g/mol. The third-order valence-corrected chi connectivity index (χ3v) is 2.53. The molecule has 0 aliphatic carbocycles. The van der Waals surface area contributed by atoms with Gasteiger partial charge in [-0.05, 0) is 17.7 Å². The summed E-state index contributed by atoms with van der Waals surface area (Å²) >= 11 is 0. The number of amides is 3. The van der Waals surface area contributed by atoms with Gasteiger partial charge in [-0.3, -0.25) is 10.1 Å². The molecule has 2 aliphatic heterocycles. The molecule has 0 radical (unpaired) electrons. The number of urea groups is 1. The lowest BCUT2D eigenvalue weighted by molar-refractivity contribution is -0.286. The van der Waals surface area contributed by atoms with E-state index in [-0.39, 0.29) is 11.5 Å². The van der Waals surface area contributed by atoms with Crippen LogP contribution in [0.25, 0.3) is 0 Å². The minimum absolute atomic E-state index is 0.117. The van der Waals surface area contributed by atoms with Crippen LogP contribution < -0.4 is 20.1 Å². The number of carbonyl (C=O) groups excluding carboxylic acids is 2. The molecule has 0 aromatic heterocycles. The maximum Gasteiger partial charge on any atom is 0.586 e. The number of benzene rings is 1. The second kappa shape index (κ2) is 3.31. The number of imide groups is 1. The standard InChI is InChI=1S/C10H6F2N2O4/c11-10(12)17-5-2-1-4(3-6(5)18-10)7-8(15)14-9(16)13-7/h1-3,7H,(H2,13,14,15,16). The summed E-state index contributed by atoms with van der Waals surface area (Å²) in [5, 5.41) is 4.39. The van der Waals surface area contributed by atoms with Crippen molar-refractivity contribution in [2.24, 2.45) is 0 Å². The highest BCUT2D eigenvalue weighted by molar-refractivity contribution is 6.04. The van der Waals surface area contributed by atoms with Crippen molar-refractivity contribution in [3.63, 3.8) is 0 Å². The summed E-state index contributed by atoms with van der Waals surface area (Å²) in [6.07, 6.45) is -3.71. The van der Waals surface area contributed by atoms with Gasteiger partial charge >= 0.3 is 12.3 Å². The zero-order valence-corrected chi connectivity index (χ0v) is 8.70. The Bertz CT molecular complexity index is 561. The SMILES string of the molecule is O=C1NC(=O)C(c2ccc3c(c2)OC(F)(F)O3)N1. The molecule has 1 unspecified atom stereocenters. The third kappa shape index (κ3) is 1.62. The average molecular weight is 256 g/mol. The Hall–Kier alpha value is -2.38. The highest BCUT2D eigenvalue weighted by atomic mass is 19.3. The Morgan fingerprint density at radius 2 is 1.89 bits per heavy atom. The van der Waals surface area contributed by atoms with Crippen molar-refractivity contribution in [1.29, 1.82) is 0 Å². The van der Waals surface area contributed by atoms with Crippen molar-refractivity contribution in [1.82, 2.24) is 10.6 Å². The lowest BCUT2D eigenvalue weighted by Gasteiger charge is -2.07. The Morgan fingerprint density at radius 3 is 2.56 bits per heavy atom. The van der Waals surface area contributed by atoms with Gasteiger partial charge in [-0.2, -0.15) is 0 Å². The quantitative estimate of drug-likeness (QED) is 0.731. The van der Waals surface area contributed by atoms with Crippen LogP contribution in [0.5, 0.6) is 11.5 Å². The molecule has 94 valence electrons. The van der Waals surface area contributed by atoms with Crippen LogP contribution >= 0.6 is 0 Å². The van der Waals surface area contributed by atoms with E-state index in [1.807, 2.05) is 5.32 Å². The van der Waals surface area contributed by atoms with Crippen LogP contribution in [0.3, 0.4) is 0 Å². The third-order valence-electron chi connectivity index (χ3n) is 2.53. The summed E-state index contributed by atoms with van der Waals surface area (Å²) in [7, 11) is 0. The number of ether oxygens (including phenoxy) is 2. The normalized spacial score (nSPS) is 23.8. The van der Waals surface area contributed by atoms with E-state index >= 15 is 0 Å². The van der Waals surface area contributed by atoms with Gasteiger partial charge in [0.15, 0.2) is 11.5 Å². The predicted octanol–water partition coefficient (Wildman–Crippen LogP) is 0.889. The molecule has 0 saturated carbocycles. The summed E-state index contributed by atoms with van der Waals surface area (Å²) in [5.74, 6) is -0.842. The number of halogens is 2. The molecule has 0 bridgehead atoms. The molecule has 1 aromatic rings.